The first-order chi connectivity index (χ1) is 7.32. The molecule has 0 saturated heterocycles. The van der Waals surface area contributed by atoms with Crippen LogP contribution in [0.1, 0.15) is 27.7 Å². The van der Waals surface area contributed by atoms with E-state index < -0.39 is 0 Å². The van der Waals surface area contributed by atoms with Gasteiger partial charge in [-0.15, -0.1) is 0 Å². The first-order valence-electron chi connectivity index (χ1n) is 5.57. The van der Waals surface area contributed by atoms with Gasteiger partial charge in [0.05, 0.1) is 5.75 Å². The van der Waals surface area contributed by atoms with Gasteiger partial charge in [-0.1, -0.05) is 39.5 Å². The molecular formula is C11H23N3OS. The average Bonchev–Trinajstić information content (AvgIpc) is 2.11. The smallest absolute Gasteiger partial charge is 0.233 e. The Morgan fingerprint density at radius 3 is 2.00 bits per heavy atom. The van der Waals surface area contributed by atoms with E-state index in [-0.39, 0.29) is 16.8 Å². The number of nitrogens with one attached hydrogen (secondary N) is 1. The number of carbonyl (C=O) groups is 1. The van der Waals surface area contributed by atoms with Gasteiger partial charge in [0.1, 0.15) is 0 Å². The Balaban J connectivity index is 4.25. The van der Waals surface area contributed by atoms with Crippen LogP contribution in [0.4, 0.5) is 0 Å². The number of amides is 1. The summed E-state index contributed by atoms with van der Waals surface area (Å²) in [4.78, 5) is 13.7. The molecule has 3 N–H and O–H groups in total. The summed E-state index contributed by atoms with van der Waals surface area (Å²) in [5, 5.41) is 7.08. The van der Waals surface area contributed by atoms with Crippen LogP contribution >= 0.6 is 11.8 Å². The molecule has 1 amide bonds. The standard InChI is InChI=1S/C11H23N3OS/c1-8(2)5-14(6-9(3)4)10(15)7-16-11(12)13/h8-9H,5-7H2,1-4H3,(H3,12,13). The summed E-state index contributed by atoms with van der Waals surface area (Å²) in [5.74, 6) is 1.27. The third kappa shape index (κ3) is 7.56. The molecule has 94 valence electrons. The molecular weight excluding hydrogens is 222 g/mol. The van der Waals surface area contributed by atoms with Crippen LogP contribution in [0.2, 0.25) is 0 Å². The fourth-order valence-electron chi connectivity index (χ4n) is 1.39. The van der Waals surface area contributed by atoms with E-state index in [1.807, 2.05) is 4.90 Å². The number of rotatable bonds is 6. The van der Waals surface area contributed by atoms with Crippen LogP contribution in [0.5, 0.6) is 0 Å². The maximum Gasteiger partial charge on any atom is 0.233 e. The van der Waals surface area contributed by atoms with E-state index in [0.29, 0.717) is 11.8 Å². The predicted molar refractivity (Wildman–Crippen MR) is 70.6 cm³/mol. The lowest BCUT2D eigenvalue weighted by atomic mass is 10.1. The molecule has 5 heteroatoms. The van der Waals surface area contributed by atoms with E-state index in [9.17, 15) is 4.79 Å². The van der Waals surface area contributed by atoms with Crippen molar-refractivity contribution in [3.63, 3.8) is 0 Å². The molecule has 0 atom stereocenters. The zero-order valence-electron chi connectivity index (χ0n) is 10.6. The Hall–Kier alpha value is -0.710. The quantitative estimate of drug-likeness (QED) is 0.553. The highest BCUT2D eigenvalue weighted by Crippen LogP contribution is 2.07. The highest BCUT2D eigenvalue weighted by Gasteiger charge is 2.16. The van der Waals surface area contributed by atoms with Gasteiger partial charge in [0, 0.05) is 13.1 Å². The monoisotopic (exact) mass is 245 g/mol. The van der Waals surface area contributed by atoms with Gasteiger partial charge in [0.2, 0.25) is 5.91 Å². The minimum Gasteiger partial charge on any atom is -0.379 e. The summed E-state index contributed by atoms with van der Waals surface area (Å²) < 4.78 is 0. The van der Waals surface area contributed by atoms with Gasteiger partial charge in [-0.2, -0.15) is 0 Å². The van der Waals surface area contributed by atoms with Crippen molar-refractivity contribution in [2.45, 2.75) is 27.7 Å². The molecule has 0 aromatic carbocycles. The van der Waals surface area contributed by atoms with Crippen molar-refractivity contribution >= 4 is 22.8 Å². The van der Waals surface area contributed by atoms with E-state index in [4.69, 9.17) is 11.1 Å². The molecule has 0 unspecified atom stereocenters. The van der Waals surface area contributed by atoms with Crippen molar-refractivity contribution in [2.24, 2.45) is 17.6 Å². The summed E-state index contributed by atoms with van der Waals surface area (Å²) in [5.41, 5.74) is 5.22. The number of amidine groups is 1. The molecule has 0 fully saturated rings. The van der Waals surface area contributed by atoms with Crippen LogP contribution in [-0.2, 0) is 4.79 Å². The summed E-state index contributed by atoms with van der Waals surface area (Å²) in [6, 6.07) is 0. The molecule has 0 aromatic heterocycles. The molecule has 0 heterocycles. The van der Waals surface area contributed by atoms with Gasteiger partial charge in [0.15, 0.2) is 5.17 Å². The van der Waals surface area contributed by atoms with E-state index in [0.717, 1.165) is 24.9 Å². The van der Waals surface area contributed by atoms with Crippen LogP contribution < -0.4 is 5.73 Å². The second-order valence-corrected chi connectivity index (χ2v) is 5.76. The third-order valence-electron chi connectivity index (χ3n) is 1.87. The lowest BCUT2D eigenvalue weighted by Crippen LogP contribution is -2.38. The second kappa shape index (κ2) is 7.54. The molecule has 0 aliphatic carbocycles. The molecule has 0 rings (SSSR count). The number of nitrogens with zero attached hydrogens (tertiary/aromatic N) is 1. The lowest BCUT2D eigenvalue weighted by molar-refractivity contribution is -0.129. The third-order valence-corrected chi connectivity index (χ3v) is 2.58. The Morgan fingerprint density at radius 1 is 1.25 bits per heavy atom. The molecule has 0 aromatic rings. The highest BCUT2D eigenvalue weighted by atomic mass is 32.2. The van der Waals surface area contributed by atoms with Crippen LogP contribution in [0.15, 0.2) is 0 Å². The Morgan fingerprint density at radius 2 is 1.69 bits per heavy atom. The zero-order valence-corrected chi connectivity index (χ0v) is 11.4. The number of carbonyl (C=O) groups excluding carboxylic acids is 1. The van der Waals surface area contributed by atoms with Gasteiger partial charge in [-0.25, -0.2) is 0 Å². The maximum absolute atomic E-state index is 11.9. The molecule has 0 aliphatic rings. The normalized spacial score (nSPS) is 10.9. The summed E-state index contributed by atoms with van der Waals surface area (Å²) >= 11 is 1.09. The van der Waals surface area contributed by atoms with E-state index in [2.05, 4.69) is 27.7 Å². The highest BCUT2D eigenvalue weighted by molar-refractivity contribution is 8.14. The minimum atomic E-state index is 0.00222. The largest absolute Gasteiger partial charge is 0.379 e. The zero-order chi connectivity index (χ0) is 12.7. The van der Waals surface area contributed by atoms with E-state index in [1.165, 1.54) is 0 Å². The van der Waals surface area contributed by atoms with Gasteiger partial charge >= 0.3 is 0 Å². The van der Waals surface area contributed by atoms with Gasteiger partial charge in [0.25, 0.3) is 0 Å². The average molecular weight is 245 g/mol. The molecule has 4 nitrogen and oxygen atoms in total. The fraction of sp³-hybridized carbons (Fsp3) is 0.818. The minimum absolute atomic E-state index is 0.00222. The Bertz CT molecular complexity index is 231. The first kappa shape index (κ1) is 15.3. The predicted octanol–water partition coefficient (Wildman–Crippen LogP) is 1.75. The van der Waals surface area contributed by atoms with Crippen molar-refractivity contribution in [1.82, 2.24) is 4.90 Å². The molecule has 0 radical (unpaired) electrons. The van der Waals surface area contributed by atoms with Gasteiger partial charge < -0.3 is 10.6 Å². The van der Waals surface area contributed by atoms with Crippen molar-refractivity contribution in [3.8, 4) is 0 Å². The molecule has 0 spiro atoms. The molecule has 0 bridgehead atoms. The topological polar surface area (TPSA) is 70.2 Å². The number of hydrogen-bond donors (Lipinski definition) is 2. The summed E-state index contributed by atoms with van der Waals surface area (Å²) in [6.07, 6.45) is 0. The van der Waals surface area contributed by atoms with Crippen molar-refractivity contribution < 1.29 is 4.79 Å². The van der Waals surface area contributed by atoms with Crippen LogP contribution in [0, 0.1) is 17.2 Å². The Labute approximate surface area is 102 Å². The molecule has 0 aliphatic heterocycles. The Kier molecular flexibility index (Phi) is 7.21. The fourth-order valence-corrected chi connectivity index (χ4v) is 1.85. The lowest BCUT2D eigenvalue weighted by Gasteiger charge is -2.26. The maximum atomic E-state index is 11.9. The van der Waals surface area contributed by atoms with Crippen molar-refractivity contribution in [3.05, 3.63) is 0 Å². The van der Waals surface area contributed by atoms with E-state index >= 15 is 0 Å². The number of nitrogens with two attached hydrogens (primary N) is 1. The SMILES string of the molecule is CC(C)CN(CC(C)C)C(=O)CSC(=N)N. The summed E-state index contributed by atoms with van der Waals surface area (Å²) in [7, 11) is 0. The number of thioether (sulfide) groups is 1. The number of hydrogen-bond acceptors (Lipinski definition) is 3. The summed E-state index contributed by atoms with van der Waals surface area (Å²) in [6.45, 7) is 9.93. The first-order valence-corrected chi connectivity index (χ1v) is 6.56. The molecule has 0 saturated carbocycles. The van der Waals surface area contributed by atoms with Crippen molar-refractivity contribution in [1.29, 1.82) is 5.41 Å². The van der Waals surface area contributed by atoms with Crippen LogP contribution in [-0.4, -0.2) is 34.8 Å². The van der Waals surface area contributed by atoms with Crippen LogP contribution in [0.25, 0.3) is 0 Å². The van der Waals surface area contributed by atoms with Crippen LogP contribution in [0.3, 0.4) is 0 Å². The van der Waals surface area contributed by atoms with Gasteiger partial charge in [-0.05, 0) is 11.8 Å². The van der Waals surface area contributed by atoms with E-state index in [1.54, 1.807) is 0 Å². The van der Waals surface area contributed by atoms with Crippen molar-refractivity contribution in [2.75, 3.05) is 18.8 Å². The second-order valence-electron chi connectivity index (χ2n) is 4.74. The molecule has 16 heavy (non-hydrogen) atoms. The van der Waals surface area contributed by atoms with Gasteiger partial charge in [-0.3, -0.25) is 10.2 Å².